The molecule has 0 unspecified atom stereocenters. The number of nitrogens with zero attached hydrogens (tertiary/aromatic N) is 3. The average molecular weight is 356 g/mol. The monoisotopic (exact) mass is 356 g/mol. The first kappa shape index (κ1) is 16.8. The maximum atomic E-state index is 13.3. The van der Waals surface area contributed by atoms with Crippen LogP contribution in [0.4, 0.5) is 4.39 Å². The van der Waals surface area contributed by atoms with Gasteiger partial charge in [0, 0.05) is 41.8 Å². The Labute approximate surface area is 156 Å². The average Bonchev–Trinajstić information content (AvgIpc) is 3.14. The van der Waals surface area contributed by atoms with Gasteiger partial charge in [-0.25, -0.2) is 4.39 Å². The molecule has 3 heterocycles. The molecule has 0 bridgehead atoms. The van der Waals surface area contributed by atoms with Gasteiger partial charge >= 0.3 is 0 Å². The van der Waals surface area contributed by atoms with Gasteiger partial charge < -0.3 is 0 Å². The van der Waals surface area contributed by atoms with Crippen LogP contribution in [-0.4, -0.2) is 20.2 Å². The van der Waals surface area contributed by atoms with E-state index < -0.39 is 0 Å². The summed E-state index contributed by atoms with van der Waals surface area (Å²) in [4.78, 5) is 8.42. The molecule has 0 spiro atoms. The number of hydrogen-bond donors (Lipinski definition) is 1. The Kier molecular flexibility index (Phi) is 4.83. The summed E-state index contributed by atoms with van der Waals surface area (Å²) in [6.45, 7) is 0. The molecule has 27 heavy (non-hydrogen) atoms. The lowest BCUT2D eigenvalue weighted by Gasteiger charge is -2.05. The van der Waals surface area contributed by atoms with Gasteiger partial charge in [0.15, 0.2) is 0 Å². The van der Waals surface area contributed by atoms with Crippen molar-refractivity contribution in [2.75, 3.05) is 0 Å². The Hall–Kier alpha value is -3.60. The normalized spacial score (nSPS) is 11.1. The van der Waals surface area contributed by atoms with Crippen LogP contribution in [0.3, 0.4) is 0 Å². The second-order valence-electron chi connectivity index (χ2n) is 6.03. The molecule has 3 aromatic heterocycles. The maximum absolute atomic E-state index is 13.3. The van der Waals surface area contributed by atoms with Gasteiger partial charge in [0.1, 0.15) is 11.5 Å². The molecule has 1 N–H and O–H groups in total. The highest BCUT2D eigenvalue weighted by Gasteiger charge is 2.15. The van der Waals surface area contributed by atoms with E-state index in [0.717, 1.165) is 40.2 Å². The highest BCUT2D eigenvalue weighted by atomic mass is 19.1. The first-order valence-corrected chi connectivity index (χ1v) is 8.62. The lowest BCUT2D eigenvalue weighted by atomic mass is 9.99. The third-order valence-electron chi connectivity index (χ3n) is 4.22. The van der Waals surface area contributed by atoms with E-state index in [1.54, 1.807) is 30.7 Å². The van der Waals surface area contributed by atoms with Gasteiger partial charge in [-0.1, -0.05) is 12.1 Å². The van der Waals surface area contributed by atoms with Crippen molar-refractivity contribution in [1.29, 1.82) is 0 Å². The van der Waals surface area contributed by atoms with Crippen LogP contribution in [0.15, 0.2) is 79.3 Å². The Balaban J connectivity index is 1.72. The van der Waals surface area contributed by atoms with E-state index in [-0.39, 0.29) is 5.82 Å². The van der Waals surface area contributed by atoms with Crippen molar-refractivity contribution in [3.05, 3.63) is 96.5 Å². The van der Waals surface area contributed by atoms with Crippen LogP contribution in [0, 0.1) is 5.82 Å². The van der Waals surface area contributed by atoms with E-state index in [9.17, 15) is 4.39 Å². The van der Waals surface area contributed by atoms with Crippen molar-refractivity contribution in [2.45, 2.75) is 6.42 Å². The standard InChI is InChI=1S/C22H17FN4/c23-18-9-7-17(8-10-18)22-21(16-11-14-24-15-12-16)20(26-27-22)6-3-5-19-4-1-2-13-25-19/h1-4,6-15H,5H2,(H,26,27)/b6-3+. The predicted molar refractivity (Wildman–Crippen MR) is 104 cm³/mol. The molecule has 0 aliphatic carbocycles. The van der Waals surface area contributed by atoms with Crippen molar-refractivity contribution < 1.29 is 4.39 Å². The Bertz CT molecular complexity index is 1040. The molecule has 5 heteroatoms. The lowest BCUT2D eigenvalue weighted by Crippen LogP contribution is -1.86. The third-order valence-corrected chi connectivity index (χ3v) is 4.22. The van der Waals surface area contributed by atoms with Crippen molar-refractivity contribution in [3.8, 4) is 22.4 Å². The fourth-order valence-electron chi connectivity index (χ4n) is 2.92. The van der Waals surface area contributed by atoms with Gasteiger partial charge in [0.05, 0.1) is 5.69 Å². The van der Waals surface area contributed by atoms with Crippen molar-refractivity contribution in [1.82, 2.24) is 20.2 Å². The van der Waals surface area contributed by atoms with Gasteiger partial charge in [-0.2, -0.15) is 5.10 Å². The first-order valence-electron chi connectivity index (χ1n) is 8.62. The van der Waals surface area contributed by atoms with Crippen LogP contribution in [0.1, 0.15) is 11.4 Å². The Morgan fingerprint density at radius 3 is 2.44 bits per heavy atom. The number of benzene rings is 1. The lowest BCUT2D eigenvalue weighted by molar-refractivity contribution is 0.628. The molecular weight excluding hydrogens is 339 g/mol. The summed E-state index contributed by atoms with van der Waals surface area (Å²) >= 11 is 0. The second-order valence-corrected chi connectivity index (χ2v) is 6.03. The zero-order chi connectivity index (χ0) is 18.5. The summed E-state index contributed by atoms with van der Waals surface area (Å²) in [5.41, 5.74) is 5.47. The Morgan fingerprint density at radius 2 is 1.70 bits per heavy atom. The molecule has 0 fully saturated rings. The minimum Gasteiger partial charge on any atom is -0.277 e. The van der Waals surface area contributed by atoms with E-state index in [1.165, 1.54) is 12.1 Å². The van der Waals surface area contributed by atoms with Gasteiger partial charge in [-0.05, 0) is 60.2 Å². The van der Waals surface area contributed by atoms with Crippen molar-refractivity contribution >= 4 is 6.08 Å². The molecule has 4 nitrogen and oxygen atoms in total. The predicted octanol–water partition coefficient (Wildman–Crippen LogP) is 4.93. The molecule has 0 aliphatic heterocycles. The molecule has 0 aliphatic rings. The molecule has 0 amide bonds. The number of allylic oxidation sites excluding steroid dienone is 1. The summed E-state index contributed by atoms with van der Waals surface area (Å²) in [5, 5.41) is 7.58. The topological polar surface area (TPSA) is 54.5 Å². The maximum Gasteiger partial charge on any atom is 0.123 e. The van der Waals surface area contributed by atoms with Crippen molar-refractivity contribution in [3.63, 3.8) is 0 Å². The zero-order valence-electron chi connectivity index (χ0n) is 14.5. The van der Waals surface area contributed by atoms with Gasteiger partial charge in [-0.3, -0.25) is 15.1 Å². The fraction of sp³-hybridized carbons (Fsp3) is 0.0455. The van der Waals surface area contributed by atoms with Crippen LogP contribution >= 0.6 is 0 Å². The van der Waals surface area contributed by atoms with Crippen LogP contribution in [0.2, 0.25) is 0 Å². The zero-order valence-corrected chi connectivity index (χ0v) is 14.5. The molecule has 0 radical (unpaired) electrons. The summed E-state index contributed by atoms with van der Waals surface area (Å²) < 4.78 is 13.3. The molecule has 132 valence electrons. The smallest absolute Gasteiger partial charge is 0.123 e. The number of nitrogens with one attached hydrogen (secondary N) is 1. The molecule has 4 aromatic rings. The molecule has 0 saturated heterocycles. The summed E-state index contributed by atoms with van der Waals surface area (Å²) in [6, 6.07) is 16.1. The summed E-state index contributed by atoms with van der Waals surface area (Å²) in [5.74, 6) is -0.268. The van der Waals surface area contributed by atoms with Crippen molar-refractivity contribution in [2.24, 2.45) is 0 Å². The van der Waals surface area contributed by atoms with Crippen LogP contribution in [0.5, 0.6) is 0 Å². The van der Waals surface area contributed by atoms with E-state index in [0.29, 0.717) is 0 Å². The minimum atomic E-state index is -0.268. The highest BCUT2D eigenvalue weighted by Crippen LogP contribution is 2.33. The van der Waals surface area contributed by atoms with Gasteiger partial charge in [0.2, 0.25) is 0 Å². The van der Waals surface area contributed by atoms with E-state index in [4.69, 9.17) is 0 Å². The molecule has 1 aromatic carbocycles. The number of hydrogen-bond acceptors (Lipinski definition) is 3. The third kappa shape index (κ3) is 3.82. The summed E-state index contributed by atoms with van der Waals surface area (Å²) in [6.07, 6.45) is 10.1. The number of pyridine rings is 2. The van der Waals surface area contributed by atoms with E-state index in [2.05, 4.69) is 26.2 Å². The largest absolute Gasteiger partial charge is 0.277 e. The van der Waals surface area contributed by atoms with Crippen LogP contribution < -0.4 is 0 Å². The second kappa shape index (κ2) is 7.74. The first-order chi connectivity index (χ1) is 13.3. The van der Waals surface area contributed by atoms with Crippen LogP contribution in [0.25, 0.3) is 28.5 Å². The fourth-order valence-corrected chi connectivity index (χ4v) is 2.92. The van der Waals surface area contributed by atoms with Gasteiger partial charge in [-0.15, -0.1) is 0 Å². The quantitative estimate of drug-likeness (QED) is 0.552. The van der Waals surface area contributed by atoms with Crippen LogP contribution in [-0.2, 0) is 6.42 Å². The van der Waals surface area contributed by atoms with E-state index >= 15 is 0 Å². The number of H-pyrrole nitrogens is 1. The highest BCUT2D eigenvalue weighted by molar-refractivity contribution is 5.86. The molecule has 0 saturated carbocycles. The van der Waals surface area contributed by atoms with E-state index in [1.807, 2.05) is 36.4 Å². The SMILES string of the molecule is Fc1ccc(-c2n[nH]c(/C=C/Cc3ccccn3)c2-c2ccncc2)cc1. The summed E-state index contributed by atoms with van der Waals surface area (Å²) in [7, 11) is 0. The molecule has 4 rings (SSSR count). The number of aromatic amines is 1. The minimum absolute atomic E-state index is 0.268. The Morgan fingerprint density at radius 1 is 0.889 bits per heavy atom. The molecule has 0 atom stereocenters. The number of halogens is 1. The molecular formula is C22H17FN4. The van der Waals surface area contributed by atoms with Gasteiger partial charge in [0.25, 0.3) is 0 Å². The number of aromatic nitrogens is 4. The number of rotatable bonds is 5.